The van der Waals surface area contributed by atoms with Crippen LogP contribution in [-0.4, -0.2) is 26.6 Å². The van der Waals surface area contributed by atoms with Crippen LogP contribution in [0.25, 0.3) is 22.3 Å². The van der Waals surface area contributed by atoms with Gasteiger partial charge in [0.05, 0.1) is 35.6 Å². The number of hydrogen-bond donors (Lipinski definition) is 1. The number of nitrogens with zero attached hydrogens (tertiary/aromatic N) is 3. The van der Waals surface area contributed by atoms with Gasteiger partial charge >= 0.3 is 6.15 Å². The highest BCUT2D eigenvalue weighted by Gasteiger charge is 2.14. The molecule has 0 aliphatic heterocycles. The second-order valence-electron chi connectivity index (χ2n) is 10.0. The van der Waals surface area contributed by atoms with Crippen LogP contribution in [0.5, 0.6) is 0 Å². The van der Waals surface area contributed by atoms with Gasteiger partial charge in [0.2, 0.25) is 0 Å². The molecule has 0 unspecified atom stereocenters. The average Bonchev–Trinajstić information content (AvgIpc) is 3.36. The van der Waals surface area contributed by atoms with Gasteiger partial charge in [-0.2, -0.15) is 9.59 Å². The molecule has 0 bridgehead atoms. The van der Waals surface area contributed by atoms with E-state index in [0.717, 1.165) is 33.4 Å². The molecular weight excluding hydrogens is 500 g/mol. The molecule has 40 heavy (non-hydrogen) atoms. The van der Waals surface area contributed by atoms with Gasteiger partial charge in [0.25, 0.3) is 5.91 Å². The molecule has 0 spiro atoms. The number of benzene rings is 3. The van der Waals surface area contributed by atoms with Gasteiger partial charge < -0.3 is 9.88 Å². The van der Waals surface area contributed by atoms with Crippen molar-refractivity contribution in [3.05, 3.63) is 119 Å². The molecule has 0 fully saturated rings. The molecule has 0 saturated heterocycles. The summed E-state index contributed by atoms with van der Waals surface area (Å²) < 4.78 is 2.08. The molecule has 2 heterocycles. The third-order valence-electron chi connectivity index (χ3n) is 6.91. The maximum atomic E-state index is 13.0. The molecule has 1 N–H and O–H groups in total. The molecule has 202 valence electrons. The van der Waals surface area contributed by atoms with E-state index in [-0.39, 0.29) is 18.1 Å². The van der Waals surface area contributed by atoms with Crippen LogP contribution in [-0.2, 0) is 16.1 Å². The molecule has 0 saturated carbocycles. The van der Waals surface area contributed by atoms with Crippen molar-refractivity contribution in [3.63, 3.8) is 0 Å². The topological polar surface area (TPSA) is 93.9 Å². The van der Waals surface area contributed by atoms with Crippen LogP contribution in [0.2, 0.25) is 0 Å². The Balaban J connectivity index is 0.00000118. The summed E-state index contributed by atoms with van der Waals surface area (Å²) in [6.07, 6.45) is 3.99. The fourth-order valence-corrected chi connectivity index (χ4v) is 4.62. The number of pyridine rings is 1. The molecule has 7 nitrogen and oxygen atoms in total. The Morgan fingerprint density at radius 1 is 0.900 bits per heavy atom. The Morgan fingerprint density at radius 2 is 1.65 bits per heavy atom. The van der Waals surface area contributed by atoms with E-state index in [4.69, 9.17) is 9.59 Å². The van der Waals surface area contributed by atoms with E-state index in [1.165, 1.54) is 11.1 Å². The van der Waals surface area contributed by atoms with Crippen molar-refractivity contribution in [2.75, 3.05) is 0 Å². The number of nitrogens with one attached hydrogen (secondary N) is 1. The van der Waals surface area contributed by atoms with E-state index in [2.05, 4.69) is 89.2 Å². The van der Waals surface area contributed by atoms with Gasteiger partial charge in [-0.05, 0) is 66.3 Å². The molecule has 0 aliphatic rings. The minimum atomic E-state index is -0.102. The smallest absolute Gasteiger partial charge is 0.346 e. The third-order valence-corrected chi connectivity index (χ3v) is 6.91. The summed E-state index contributed by atoms with van der Waals surface area (Å²) in [6, 6.07) is 26.5. The quantitative estimate of drug-likeness (QED) is 0.259. The molecule has 0 aliphatic carbocycles. The zero-order chi connectivity index (χ0) is 28.6. The first-order valence-electron chi connectivity index (χ1n) is 13.2. The molecule has 1 amide bonds. The second-order valence-corrected chi connectivity index (χ2v) is 10.0. The van der Waals surface area contributed by atoms with Crippen LogP contribution in [0.15, 0.2) is 91.4 Å². The second kappa shape index (κ2) is 12.8. The van der Waals surface area contributed by atoms with E-state index in [9.17, 15) is 4.79 Å². The normalized spacial score (nSPS) is 11.4. The standard InChI is InChI=1S/C32H32N4O.CO2/c1-21(2)25-9-7-10-26(16-25)23(4)35-32(37)27-13-15-31-30(17-27)34-20-36(31)19-24-12-14-29(33-18-24)28-11-6-5-8-22(28)3;2-1-3/h5-18,20-21,23H,19H2,1-4H3,(H,35,37);/t23-;/m0./s1. The Labute approximate surface area is 233 Å². The zero-order valence-corrected chi connectivity index (χ0v) is 23.1. The van der Waals surface area contributed by atoms with Crippen LogP contribution in [0.3, 0.4) is 0 Å². The number of imidazole rings is 1. The Hall–Kier alpha value is -4.87. The lowest BCUT2D eigenvalue weighted by atomic mass is 9.98. The van der Waals surface area contributed by atoms with Gasteiger partial charge in [0.1, 0.15) is 0 Å². The van der Waals surface area contributed by atoms with Crippen molar-refractivity contribution >= 4 is 23.1 Å². The summed E-state index contributed by atoms with van der Waals surface area (Å²) in [5.41, 5.74) is 9.18. The fraction of sp³-hybridized carbons (Fsp3) is 0.212. The van der Waals surface area contributed by atoms with Gasteiger partial charge in [-0.1, -0.05) is 68.4 Å². The number of rotatable bonds is 7. The average molecular weight is 533 g/mol. The van der Waals surface area contributed by atoms with Gasteiger partial charge in [-0.3, -0.25) is 9.78 Å². The fourth-order valence-electron chi connectivity index (χ4n) is 4.62. The van der Waals surface area contributed by atoms with E-state index in [0.29, 0.717) is 18.0 Å². The predicted molar refractivity (Wildman–Crippen MR) is 155 cm³/mol. The highest BCUT2D eigenvalue weighted by Crippen LogP contribution is 2.23. The molecular formula is C33H32N4O3. The third kappa shape index (κ3) is 6.57. The highest BCUT2D eigenvalue weighted by atomic mass is 16.2. The maximum Gasteiger partial charge on any atom is 0.373 e. The van der Waals surface area contributed by atoms with Gasteiger partial charge in [0, 0.05) is 17.3 Å². The summed E-state index contributed by atoms with van der Waals surface area (Å²) in [5, 5.41) is 3.13. The monoisotopic (exact) mass is 532 g/mol. The van der Waals surface area contributed by atoms with Crippen LogP contribution < -0.4 is 5.32 Å². The minimum Gasteiger partial charge on any atom is -0.346 e. The summed E-state index contributed by atoms with van der Waals surface area (Å²) in [5.74, 6) is 0.344. The largest absolute Gasteiger partial charge is 0.373 e. The maximum absolute atomic E-state index is 13.0. The molecule has 1 atom stereocenters. The van der Waals surface area contributed by atoms with Crippen LogP contribution in [0.1, 0.15) is 65.3 Å². The van der Waals surface area contributed by atoms with Crippen molar-refractivity contribution in [2.45, 2.75) is 46.2 Å². The van der Waals surface area contributed by atoms with Crippen molar-refractivity contribution in [1.29, 1.82) is 0 Å². The van der Waals surface area contributed by atoms with Crippen molar-refractivity contribution < 1.29 is 14.4 Å². The molecule has 7 heteroatoms. The van der Waals surface area contributed by atoms with Gasteiger partial charge in [0.15, 0.2) is 0 Å². The lowest BCUT2D eigenvalue weighted by molar-refractivity contribution is -0.191. The lowest BCUT2D eigenvalue weighted by Gasteiger charge is -2.16. The summed E-state index contributed by atoms with van der Waals surface area (Å²) in [4.78, 5) is 38.5. The SMILES string of the molecule is Cc1ccccc1-c1ccc(Cn2cnc3cc(C(=O)N[C@@H](C)c4cccc(C(C)C)c4)ccc32)cn1.O=C=O. The number of aryl methyl sites for hydroxylation is 1. The van der Waals surface area contributed by atoms with Crippen LogP contribution >= 0.6 is 0 Å². The van der Waals surface area contributed by atoms with E-state index in [1.54, 1.807) is 0 Å². The van der Waals surface area contributed by atoms with E-state index in [1.807, 2.05) is 49.8 Å². The number of carbonyl (C=O) groups is 1. The number of fused-ring (bicyclic) bond motifs is 1. The zero-order valence-electron chi connectivity index (χ0n) is 23.1. The minimum absolute atomic E-state index is 0.0883. The van der Waals surface area contributed by atoms with Crippen LogP contribution in [0.4, 0.5) is 0 Å². The molecule has 5 rings (SSSR count). The molecule has 5 aromatic rings. The number of amides is 1. The van der Waals surface area contributed by atoms with Crippen molar-refractivity contribution in [2.24, 2.45) is 0 Å². The molecule has 3 aromatic carbocycles. The summed E-state index contributed by atoms with van der Waals surface area (Å²) in [6.45, 7) is 9.12. The van der Waals surface area contributed by atoms with Crippen molar-refractivity contribution in [1.82, 2.24) is 19.9 Å². The number of carbonyl (C=O) groups excluding carboxylic acids is 3. The van der Waals surface area contributed by atoms with E-state index >= 15 is 0 Å². The van der Waals surface area contributed by atoms with Gasteiger partial charge in [-0.25, -0.2) is 4.98 Å². The first-order chi connectivity index (χ1) is 19.3. The summed E-state index contributed by atoms with van der Waals surface area (Å²) >= 11 is 0. The molecule has 0 radical (unpaired) electrons. The predicted octanol–water partition coefficient (Wildman–Crippen LogP) is 6.49. The Morgan fingerprint density at radius 3 is 2.35 bits per heavy atom. The van der Waals surface area contributed by atoms with E-state index < -0.39 is 0 Å². The number of hydrogen-bond acceptors (Lipinski definition) is 5. The number of aromatic nitrogens is 3. The van der Waals surface area contributed by atoms with Crippen molar-refractivity contribution in [3.8, 4) is 11.3 Å². The Kier molecular flexibility index (Phi) is 9.00. The van der Waals surface area contributed by atoms with Gasteiger partial charge in [-0.15, -0.1) is 0 Å². The molecule has 2 aromatic heterocycles. The summed E-state index contributed by atoms with van der Waals surface area (Å²) in [7, 11) is 0. The Bertz CT molecular complexity index is 1650. The van der Waals surface area contributed by atoms with Crippen LogP contribution in [0, 0.1) is 6.92 Å². The lowest BCUT2D eigenvalue weighted by Crippen LogP contribution is -2.26. The highest BCUT2D eigenvalue weighted by molar-refractivity contribution is 5.97. The first-order valence-corrected chi connectivity index (χ1v) is 13.2. The first kappa shape index (κ1) is 28.1.